The maximum Gasteiger partial charge on any atom is 1.00 e. The van der Waals surface area contributed by atoms with Gasteiger partial charge >= 0.3 is 61.6 Å². The molecule has 2 N–H and O–H groups in total. The summed E-state index contributed by atoms with van der Waals surface area (Å²) in [4.78, 5) is 62.5. The number of aliphatic hydroxyl groups is 1. The first kappa shape index (κ1) is 64.2. The summed E-state index contributed by atoms with van der Waals surface area (Å²) in [6, 6.07) is 0. The van der Waals surface area contributed by atoms with E-state index in [-0.39, 0.29) is 55.5 Å². The van der Waals surface area contributed by atoms with Crippen LogP contribution in [0.1, 0.15) is 86.0 Å². The number of carbonyl (C=O) groups is 5. The number of nitrogens with one attached hydrogen (secondary N) is 1. The van der Waals surface area contributed by atoms with Crippen LogP contribution in [0.5, 0.6) is 0 Å². The molecule has 0 unspecified atom stereocenters. The smallest absolute Gasteiger partial charge is 0.793 e. The molecule has 51 heavy (non-hydrogen) atoms. The van der Waals surface area contributed by atoms with Crippen molar-refractivity contribution in [1.29, 1.82) is 0 Å². The van der Waals surface area contributed by atoms with Gasteiger partial charge < -0.3 is 46.7 Å². The fourth-order valence-electron chi connectivity index (χ4n) is 4.02. The molecule has 0 aromatic heterocycles. The first-order valence-corrected chi connectivity index (χ1v) is 15.8. The maximum atomic E-state index is 10.9. The second-order valence-electron chi connectivity index (χ2n) is 10.7. The molecule has 0 amide bonds. The molecule has 2 aliphatic rings. The predicted octanol–water partition coefficient (Wildman–Crippen LogP) is 0.0768. The van der Waals surface area contributed by atoms with E-state index in [1.54, 1.807) is 7.05 Å². The minimum Gasteiger partial charge on any atom is -0.793 e. The maximum absolute atomic E-state index is 10.9. The Morgan fingerprint density at radius 1 is 0.765 bits per heavy atom. The number of hydrogen-bond donors (Lipinski definition) is 2. The fourth-order valence-corrected chi connectivity index (χ4v) is 4.02. The van der Waals surface area contributed by atoms with Gasteiger partial charge in [0.25, 0.3) is 0 Å². The van der Waals surface area contributed by atoms with Gasteiger partial charge in [-0.15, -0.1) is 0 Å². The van der Waals surface area contributed by atoms with Crippen LogP contribution in [0.25, 0.3) is 0 Å². The van der Waals surface area contributed by atoms with Crippen LogP contribution >= 0.6 is 0 Å². The number of aliphatic hydroxyl groups excluding tert-OH is 1. The van der Waals surface area contributed by atoms with Crippen molar-refractivity contribution in [1.82, 2.24) is 15.1 Å². The topological polar surface area (TPSA) is 170 Å². The van der Waals surface area contributed by atoms with E-state index in [2.05, 4.69) is 69.3 Å². The molecule has 0 spiro atoms. The van der Waals surface area contributed by atoms with Gasteiger partial charge in [0.2, 0.25) is 5.97 Å². The number of nitrogens with zero attached hydrogens (tertiary/aromatic N) is 2. The third-order valence-electron chi connectivity index (χ3n) is 6.68. The van der Waals surface area contributed by atoms with Gasteiger partial charge in [-0.1, -0.05) is 20.3 Å². The van der Waals surface area contributed by atoms with Crippen LogP contribution in [0, 0.1) is 11.8 Å². The summed E-state index contributed by atoms with van der Waals surface area (Å²) in [5.41, 5.74) is 0. The summed E-state index contributed by atoms with van der Waals surface area (Å²) in [7, 11) is 16.7. The number of piperidine rings is 2. The zero-order valence-electron chi connectivity index (χ0n) is 32.1. The number of esters is 2. The van der Waals surface area contributed by atoms with E-state index in [4.69, 9.17) is 9.42 Å². The minimum absolute atomic E-state index is 0. The summed E-state index contributed by atoms with van der Waals surface area (Å²) in [6.07, 6.45) is 10.2. The molecule has 5 radical (unpaired) electrons. The Hall–Kier alpha value is -1.82. The van der Waals surface area contributed by atoms with Crippen molar-refractivity contribution in [3.05, 3.63) is 0 Å². The van der Waals surface area contributed by atoms with Gasteiger partial charge in [0.05, 0.1) is 27.9 Å². The molecule has 0 atom stereocenters. The van der Waals surface area contributed by atoms with E-state index in [0.29, 0.717) is 20.2 Å². The predicted molar refractivity (Wildman–Crippen MR) is 190 cm³/mol. The van der Waals surface area contributed by atoms with Gasteiger partial charge in [-0.3, -0.25) is 18.8 Å². The number of likely N-dealkylation sites (tertiary alicyclic amines) is 2. The number of methoxy groups -OCH3 is 2. The van der Waals surface area contributed by atoms with Crippen LogP contribution < -0.4 is 34.9 Å². The molecule has 0 aliphatic carbocycles. The van der Waals surface area contributed by atoms with Gasteiger partial charge in [0.15, 0.2) is 0 Å². The summed E-state index contributed by atoms with van der Waals surface area (Å²) in [5, 5.41) is 11.3. The van der Waals surface area contributed by atoms with Crippen LogP contribution in [0.2, 0.25) is 0 Å². The van der Waals surface area contributed by atoms with Gasteiger partial charge in [-0.05, 0) is 97.7 Å². The van der Waals surface area contributed by atoms with E-state index in [9.17, 15) is 28.4 Å². The van der Waals surface area contributed by atoms with Crippen LogP contribution in [-0.4, -0.2) is 143 Å². The van der Waals surface area contributed by atoms with Crippen molar-refractivity contribution in [3.63, 3.8) is 0 Å². The van der Waals surface area contributed by atoms with Gasteiger partial charge in [0, 0.05) is 33.8 Å². The van der Waals surface area contributed by atoms with Gasteiger partial charge in [-0.25, -0.2) is 19.4 Å². The molecule has 0 bridgehead atoms. The molecule has 2 fully saturated rings. The van der Waals surface area contributed by atoms with Crippen molar-refractivity contribution >= 4 is 46.0 Å². The van der Waals surface area contributed by atoms with E-state index in [1.807, 2.05) is 0 Å². The average molecular weight is 750 g/mol. The Labute approximate surface area is 330 Å². The van der Waals surface area contributed by atoms with Gasteiger partial charge in [-0.2, -0.15) is 0 Å². The summed E-state index contributed by atoms with van der Waals surface area (Å²) in [6.45, 7) is 9.08. The van der Waals surface area contributed by atoms with E-state index in [1.165, 1.54) is 85.8 Å². The number of alkyl halides is 1. The van der Waals surface area contributed by atoms with Crippen molar-refractivity contribution in [2.75, 3.05) is 81.9 Å². The summed E-state index contributed by atoms with van der Waals surface area (Å²) < 4.78 is 31.0. The largest absolute Gasteiger partial charge is 1.00 e. The number of unbranched alkanes of at least 4 members (excludes halogenated alkanes) is 1. The molecular weight excluding hydrogens is 685 g/mol. The second kappa shape index (κ2) is 50.3. The standard InChI is InChI=1S/C12H23NO2.C8H17NO.C4H9NO2.C4H6O4.C2H3BO2.CH3F.CH4.BF.Na/c1-13-9-7-11(8-10-13)5-3-4-6-12(14)15-2;1-9-5-2-8(3-6-9)4-7-10;1-5-3-4(6)7-2;1-3(5)7-8-4(2)6;1-2(4)5-3;1-2;;1-2;/h11H,3-10H2,1-2H3;8,10H,2-7H2,1H3;5H,3H2,1-2H3;1-2H3;1H3;1H3;1H4;;/q;;;;-1;;;;+1. The Morgan fingerprint density at radius 2 is 1.12 bits per heavy atom. The Balaban J connectivity index is -0.0000000957. The molecule has 2 aliphatic heterocycles. The van der Waals surface area contributed by atoms with Crippen LogP contribution in [0.3, 0.4) is 0 Å². The first-order chi connectivity index (χ1) is 23.2. The molecular formula is C32H65B2F2N3NaO11. The monoisotopic (exact) mass is 750 g/mol. The molecule has 2 saturated heterocycles. The first-order valence-electron chi connectivity index (χ1n) is 15.8. The van der Waals surface area contributed by atoms with Crippen molar-refractivity contribution in [2.24, 2.45) is 11.8 Å². The molecule has 2 rings (SSSR count). The quantitative estimate of drug-likeness (QED) is 0.107. The van der Waals surface area contributed by atoms with Crippen molar-refractivity contribution in [3.8, 4) is 0 Å². The molecule has 0 aromatic rings. The molecule has 295 valence electrons. The Bertz CT molecular complexity index is 786. The number of hydrogen-bond acceptors (Lipinski definition) is 14. The molecule has 2 heterocycles. The minimum atomic E-state index is -0.639. The third-order valence-corrected chi connectivity index (χ3v) is 6.68. The zero-order chi connectivity index (χ0) is 39.0. The number of carbonyl (C=O) groups excluding carboxylic acids is 5. The summed E-state index contributed by atoms with van der Waals surface area (Å²) >= 11 is 0. The van der Waals surface area contributed by atoms with Gasteiger partial charge in [0.1, 0.15) is 0 Å². The van der Waals surface area contributed by atoms with E-state index < -0.39 is 17.9 Å². The number of halogens is 2. The van der Waals surface area contributed by atoms with E-state index in [0.717, 1.165) is 38.5 Å². The third kappa shape index (κ3) is 57.8. The van der Waals surface area contributed by atoms with Crippen LogP contribution in [-0.2, 0) is 47.9 Å². The number of likely N-dealkylation sites (N-methyl/N-ethyl adjacent to an activating group) is 1. The fraction of sp³-hybridized carbons (Fsp3) is 0.844. The second-order valence-corrected chi connectivity index (χ2v) is 10.7. The average Bonchev–Trinajstić information content (AvgIpc) is 3.10. The molecule has 14 nitrogen and oxygen atoms in total. The molecule has 0 aromatic carbocycles. The normalized spacial score (nSPS) is 13.4. The van der Waals surface area contributed by atoms with Crippen LogP contribution in [0.4, 0.5) is 8.71 Å². The number of ether oxygens (including phenoxy) is 2. The number of rotatable bonds is 9. The zero-order valence-corrected chi connectivity index (χ0v) is 34.1. The SMILES string of the molecule is C.CC(=O)OOC(C)=O.CF.CN1CCC(CCO)CC1.CNCC(=O)OC.COC(=O)CCCCC1CCN(C)CC1.[B-]OC(C)=O.[B]F.[Na+]. The van der Waals surface area contributed by atoms with Crippen LogP contribution in [0.15, 0.2) is 0 Å². The van der Waals surface area contributed by atoms with Crippen molar-refractivity contribution < 1.29 is 91.2 Å². The Kier molecular flexibility index (Phi) is 63.3. The molecule has 0 saturated carbocycles. The van der Waals surface area contributed by atoms with E-state index >= 15 is 0 Å². The van der Waals surface area contributed by atoms with Crippen molar-refractivity contribution in [2.45, 2.75) is 86.0 Å². The molecule has 19 heteroatoms. The summed E-state index contributed by atoms with van der Waals surface area (Å²) in [5.74, 6) is -0.369. The Morgan fingerprint density at radius 3 is 1.37 bits per heavy atom.